The highest BCUT2D eigenvalue weighted by Gasteiger charge is 2.16. The monoisotopic (exact) mass is 358 g/mol. The Morgan fingerprint density at radius 1 is 1.26 bits per heavy atom. The molecule has 0 saturated carbocycles. The van der Waals surface area contributed by atoms with Crippen molar-refractivity contribution >= 4 is 36.9 Å². The van der Waals surface area contributed by atoms with Crippen molar-refractivity contribution in [3.8, 4) is 0 Å². The molecule has 1 heterocycles. The molecule has 2 rings (SSSR count). The van der Waals surface area contributed by atoms with Crippen LogP contribution in [0, 0.1) is 0 Å². The first-order valence-electron chi connectivity index (χ1n) is 5.41. The minimum atomic E-state index is -3.31. The molecule has 0 amide bonds. The molecule has 0 bridgehead atoms. The molecule has 0 N–H and O–H groups in total. The second-order valence-electron chi connectivity index (χ2n) is 3.90. The van der Waals surface area contributed by atoms with Gasteiger partial charge in [-0.2, -0.15) is 0 Å². The Hall–Kier alpha value is -0.820. The quantitative estimate of drug-likeness (QED) is 0.777. The highest BCUT2D eigenvalue weighted by atomic mass is 79.9. The number of allylic oxidation sites excluding steroid dienone is 3. The number of benzene rings is 1. The van der Waals surface area contributed by atoms with Crippen LogP contribution in [0.25, 0.3) is 0 Å². The molecule has 0 saturated heterocycles. The number of sulfone groups is 1. The van der Waals surface area contributed by atoms with Crippen LogP contribution >= 0.6 is 15.9 Å². The maximum Gasteiger partial charge on any atom is 0.199 e. The fourth-order valence-electron chi connectivity index (χ4n) is 1.50. The summed E-state index contributed by atoms with van der Waals surface area (Å²) in [7, 11) is -3.31. The van der Waals surface area contributed by atoms with Gasteiger partial charge >= 0.3 is 0 Å². The summed E-state index contributed by atoms with van der Waals surface area (Å²) >= 11 is 2.09. The molecule has 19 heavy (non-hydrogen) atoms. The van der Waals surface area contributed by atoms with E-state index in [0.717, 1.165) is 15.4 Å². The maximum absolute atomic E-state index is 11.8. The van der Waals surface area contributed by atoms with Gasteiger partial charge in [-0.15, -0.1) is 0 Å². The summed E-state index contributed by atoms with van der Waals surface area (Å²) in [5.74, 6) is 0.366. The molecular weight excluding hydrogens is 348 g/mol. The van der Waals surface area contributed by atoms with Gasteiger partial charge in [0.1, 0.15) is 11.2 Å². The molecule has 0 radical (unpaired) electrons. The Morgan fingerprint density at radius 3 is 2.53 bits per heavy atom. The molecule has 1 unspecified atom stereocenters. The molecule has 0 aliphatic carbocycles. The van der Waals surface area contributed by atoms with Crippen molar-refractivity contribution < 1.29 is 13.0 Å². The van der Waals surface area contributed by atoms with Crippen molar-refractivity contribution in [2.24, 2.45) is 0 Å². The van der Waals surface area contributed by atoms with Crippen molar-refractivity contribution in [3.63, 3.8) is 0 Å². The predicted octanol–water partition coefficient (Wildman–Crippen LogP) is 3.04. The molecule has 6 heteroatoms. The summed E-state index contributed by atoms with van der Waals surface area (Å²) in [6, 6.07) is 7.51. The van der Waals surface area contributed by atoms with Crippen molar-refractivity contribution in [3.05, 3.63) is 68.3 Å². The molecule has 1 aromatic carbocycles. The Balaban J connectivity index is 1.99. The van der Waals surface area contributed by atoms with Gasteiger partial charge in [-0.1, -0.05) is 28.1 Å². The van der Waals surface area contributed by atoms with Gasteiger partial charge < -0.3 is 4.55 Å². The Labute approximate surface area is 123 Å². The van der Waals surface area contributed by atoms with E-state index < -0.39 is 21.0 Å². The van der Waals surface area contributed by atoms with Gasteiger partial charge in [-0.3, -0.25) is 0 Å². The Bertz CT molecular complexity index is 643. The normalized spacial score (nSPS) is 18.7. The number of halogens is 1. The highest BCUT2D eigenvalue weighted by molar-refractivity contribution is 9.10. The molecule has 3 nitrogen and oxygen atoms in total. The van der Waals surface area contributed by atoms with Crippen molar-refractivity contribution in [1.82, 2.24) is 0 Å². The van der Waals surface area contributed by atoms with Crippen LogP contribution in [0.2, 0.25) is 0 Å². The maximum atomic E-state index is 11.8. The molecule has 100 valence electrons. The molecule has 0 fully saturated rings. The van der Waals surface area contributed by atoms with E-state index >= 15 is 0 Å². The molecule has 0 spiro atoms. The standard InChI is InChI=1S/C13H11BrO3S2/c14-12-5-3-11(4-6-12)10-18(15)8-7-13-2-1-9-19(13,16)17/h1-9H,10H2/b8-7+. The van der Waals surface area contributed by atoms with E-state index in [9.17, 15) is 13.0 Å². The molecule has 1 aromatic rings. The zero-order valence-electron chi connectivity index (χ0n) is 9.82. The SMILES string of the molecule is O=S1(=O)C=CC=C1/C=C/[S+]([O-])Cc1ccc(Br)cc1. The predicted molar refractivity (Wildman–Crippen MR) is 81.3 cm³/mol. The lowest BCUT2D eigenvalue weighted by Crippen LogP contribution is -2.01. The van der Waals surface area contributed by atoms with Gasteiger partial charge in [0.15, 0.2) is 9.84 Å². The van der Waals surface area contributed by atoms with Gasteiger partial charge in [0.25, 0.3) is 0 Å². The summed E-state index contributed by atoms with van der Waals surface area (Å²) in [6.07, 6.45) is 4.35. The summed E-state index contributed by atoms with van der Waals surface area (Å²) < 4.78 is 35.7. The van der Waals surface area contributed by atoms with Crippen LogP contribution < -0.4 is 0 Å². The van der Waals surface area contributed by atoms with Crippen LogP contribution in [-0.4, -0.2) is 13.0 Å². The van der Waals surface area contributed by atoms with Crippen LogP contribution in [0.15, 0.2) is 62.7 Å². The Morgan fingerprint density at radius 2 is 1.95 bits per heavy atom. The molecule has 1 aliphatic rings. The molecular formula is C13H11BrO3S2. The fourth-order valence-corrected chi connectivity index (χ4v) is 3.73. The molecule has 1 atom stereocenters. The minimum absolute atomic E-state index is 0.177. The van der Waals surface area contributed by atoms with Gasteiger partial charge in [-0.05, 0) is 35.5 Å². The first kappa shape index (κ1) is 14.6. The zero-order valence-corrected chi connectivity index (χ0v) is 13.0. The third-order valence-corrected chi connectivity index (χ3v) is 5.48. The third-order valence-electron chi connectivity index (χ3n) is 2.45. The first-order valence-corrected chi connectivity index (χ1v) is 9.13. The van der Waals surface area contributed by atoms with E-state index in [0.29, 0.717) is 5.75 Å². The van der Waals surface area contributed by atoms with E-state index in [1.165, 1.54) is 23.6 Å². The second-order valence-corrected chi connectivity index (χ2v) is 7.97. The van der Waals surface area contributed by atoms with E-state index in [4.69, 9.17) is 0 Å². The van der Waals surface area contributed by atoms with Crippen LogP contribution in [0.4, 0.5) is 0 Å². The van der Waals surface area contributed by atoms with Gasteiger partial charge in [-0.25, -0.2) is 8.42 Å². The first-order chi connectivity index (χ1) is 8.97. The highest BCUT2D eigenvalue weighted by Crippen LogP contribution is 2.19. The lowest BCUT2D eigenvalue weighted by atomic mass is 10.2. The van der Waals surface area contributed by atoms with E-state index in [2.05, 4.69) is 15.9 Å². The van der Waals surface area contributed by atoms with Crippen molar-refractivity contribution in [2.45, 2.75) is 5.75 Å². The largest absolute Gasteiger partial charge is 0.612 e. The van der Waals surface area contributed by atoms with E-state index in [-0.39, 0.29) is 4.91 Å². The summed E-state index contributed by atoms with van der Waals surface area (Å²) in [4.78, 5) is 0.177. The lowest BCUT2D eigenvalue weighted by Gasteiger charge is -2.05. The van der Waals surface area contributed by atoms with E-state index in [1.54, 1.807) is 0 Å². The van der Waals surface area contributed by atoms with Gasteiger partial charge in [0, 0.05) is 21.5 Å². The van der Waals surface area contributed by atoms with Gasteiger partial charge in [0.05, 0.1) is 4.91 Å². The van der Waals surface area contributed by atoms with Crippen LogP contribution in [-0.2, 0) is 26.8 Å². The van der Waals surface area contributed by atoms with E-state index in [1.807, 2.05) is 24.3 Å². The molecule has 1 aliphatic heterocycles. The fraction of sp³-hybridized carbons (Fsp3) is 0.0769. The topological polar surface area (TPSA) is 57.2 Å². The van der Waals surface area contributed by atoms with Crippen molar-refractivity contribution in [1.29, 1.82) is 0 Å². The summed E-state index contributed by atoms with van der Waals surface area (Å²) in [5, 5.41) is 2.54. The van der Waals surface area contributed by atoms with Crippen LogP contribution in [0.5, 0.6) is 0 Å². The minimum Gasteiger partial charge on any atom is -0.612 e. The average Bonchev–Trinajstić information content (AvgIpc) is 2.69. The average molecular weight is 359 g/mol. The second kappa shape index (κ2) is 6.09. The number of hydrogen-bond donors (Lipinski definition) is 0. The number of rotatable bonds is 4. The molecule has 0 aromatic heterocycles. The zero-order chi connectivity index (χ0) is 13.9. The summed E-state index contributed by atoms with van der Waals surface area (Å²) in [6.45, 7) is 0. The van der Waals surface area contributed by atoms with Gasteiger partial charge in [0.2, 0.25) is 0 Å². The van der Waals surface area contributed by atoms with Crippen molar-refractivity contribution in [2.75, 3.05) is 0 Å². The van der Waals surface area contributed by atoms with Crippen LogP contribution in [0.3, 0.4) is 0 Å². The third kappa shape index (κ3) is 4.07. The van der Waals surface area contributed by atoms with Crippen LogP contribution in [0.1, 0.15) is 5.56 Å². The number of hydrogen-bond acceptors (Lipinski definition) is 3. The lowest BCUT2D eigenvalue weighted by molar-refractivity contribution is 0.603. The summed E-state index contributed by atoms with van der Waals surface area (Å²) in [5.41, 5.74) is 0.938. The Kier molecular flexibility index (Phi) is 4.67. The smallest absolute Gasteiger partial charge is 0.199 e.